The molecule has 0 spiro atoms. The number of nitrogens with zero attached hydrogens (tertiary/aromatic N) is 1. The zero-order valence-electron chi connectivity index (χ0n) is 10.1. The Bertz CT molecular complexity index is 657. The van der Waals surface area contributed by atoms with Crippen LogP contribution in [-0.4, -0.2) is 20.4 Å². The maximum absolute atomic E-state index is 12.3. The molecule has 2 rings (SSSR count). The van der Waals surface area contributed by atoms with Gasteiger partial charge in [-0.3, -0.25) is 0 Å². The average molecular weight is 362 g/mol. The number of aromatic nitrogens is 1. The van der Waals surface area contributed by atoms with Crippen LogP contribution in [0.1, 0.15) is 4.88 Å². The summed E-state index contributed by atoms with van der Waals surface area (Å²) in [5, 5.41) is 4.68. The number of sulfonamides is 1. The largest absolute Gasteiger partial charge is 0.372 e. The van der Waals surface area contributed by atoms with E-state index >= 15 is 0 Å². The van der Waals surface area contributed by atoms with Crippen LogP contribution in [-0.2, 0) is 16.6 Å². The lowest BCUT2D eigenvalue weighted by molar-refractivity contribution is 0.581. The summed E-state index contributed by atoms with van der Waals surface area (Å²) in [4.78, 5) is 5.12. The predicted molar refractivity (Wildman–Crippen MR) is 79.8 cm³/mol. The summed E-state index contributed by atoms with van der Waals surface area (Å²) in [5.74, 6) is 0.321. The molecule has 0 unspecified atom stereocenters. The molecule has 0 amide bonds. The minimum atomic E-state index is -3.60. The fourth-order valence-electron chi connectivity index (χ4n) is 1.47. The van der Waals surface area contributed by atoms with Crippen molar-refractivity contribution in [1.29, 1.82) is 0 Å². The molecule has 2 heterocycles. The summed E-state index contributed by atoms with van der Waals surface area (Å²) in [5.41, 5.74) is 0. The minimum Gasteiger partial charge on any atom is -0.372 e. The Morgan fingerprint density at radius 3 is 2.89 bits per heavy atom. The Balaban J connectivity index is 2.26. The molecule has 2 N–H and O–H groups in total. The maximum atomic E-state index is 12.3. The number of nitrogens with one attached hydrogen (secondary N) is 2. The highest BCUT2D eigenvalue weighted by Gasteiger charge is 2.19. The van der Waals surface area contributed by atoms with Gasteiger partial charge in [-0.1, -0.05) is 6.07 Å². The van der Waals surface area contributed by atoms with Gasteiger partial charge in [-0.25, -0.2) is 18.1 Å². The molecule has 2 aromatic rings. The standard InChI is InChI=1S/C11H12BrN3O2S2/c1-13-11-10(5-8(12)6-14-11)19(16,17)15-7-9-3-2-4-18-9/h2-6,15H,7H2,1H3,(H,13,14). The molecular weight excluding hydrogens is 350 g/mol. The fourth-order valence-corrected chi connectivity index (χ4v) is 3.88. The number of halogens is 1. The van der Waals surface area contributed by atoms with Gasteiger partial charge in [0.05, 0.1) is 0 Å². The summed E-state index contributed by atoms with van der Waals surface area (Å²) in [7, 11) is -1.97. The monoisotopic (exact) mass is 361 g/mol. The Morgan fingerprint density at radius 1 is 1.47 bits per heavy atom. The molecule has 0 bridgehead atoms. The summed E-state index contributed by atoms with van der Waals surface area (Å²) in [6.45, 7) is 0.273. The summed E-state index contributed by atoms with van der Waals surface area (Å²) >= 11 is 4.73. The van der Waals surface area contributed by atoms with Crippen molar-refractivity contribution in [3.8, 4) is 0 Å². The van der Waals surface area contributed by atoms with E-state index in [0.29, 0.717) is 10.3 Å². The van der Waals surface area contributed by atoms with E-state index in [4.69, 9.17) is 0 Å². The highest BCUT2D eigenvalue weighted by molar-refractivity contribution is 9.10. The molecular formula is C11H12BrN3O2S2. The Labute approximate surface area is 124 Å². The predicted octanol–water partition coefficient (Wildman–Crippen LogP) is 2.43. The van der Waals surface area contributed by atoms with Crippen molar-refractivity contribution in [3.63, 3.8) is 0 Å². The number of hydrogen-bond donors (Lipinski definition) is 2. The van der Waals surface area contributed by atoms with Crippen LogP contribution in [0.15, 0.2) is 39.1 Å². The molecule has 102 valence electrons. The zero-order valence-corrected chi connectivity index (χ0v) is 13.3. The zero-order chi connectivity index (χ0) is 13.9. The van der Waals surface area contributed by atoms with E-state index in [1.54, 1.807) is 13.2 Å². The van der Waals surface area contributed by atoms with Gasteiger partial charge in [-0.2, -0.15) is 0 Å². The van der Waals surface area contributed by atoms with Gasteiger partial charge in [-0.15, -0.1) is 11.3 Å². The van der Waals surface area contributed by atoms with Gasteiger partial charge < -0.3 is 5.32 Å². The number of hydrogen-bond acceptors (Lipinski definition) is 5. The highest BCUT2D eigenvalue weighted by Crippen LogP contribution is 2.22. The van der Waals surface area contributed by atoms with Crippen LogP contribution in [0.25, 0.3) is 0 Å². The lowest BCUT2D eigenvalue weighted by atomic mass is 10.4. The van der Waals surface area contributed by atoms with Gasteiger partial charge >= 0.3 is 0 Å². The molecule has 2 aromatic heterocycles. The lowest BCUT2D eigenvalue weighted by Gasteiger charge is -2.10. The molecule has 0 aliphatic rings. The summed E-state index contributed by atoms with van der Waals surface area (Å²) in [6.07, 6.45) is 1.55. The van der Waals surface area contributed by atoms with Gasteiger partial charge in [0, 0.05) is 29.1 Å². The Morgan fingerprint density at radius 2 is 2.26 bits per heavy atom. The molecule has 0 aromatic carbocycles. The summed E-state index contributed by atoms with van der Waals surface area (Å²) < 4.78 is 27.7. The van der Waals surface area contributed by atoms with E-state index in [-0.39, 0.29) is 11.4 Å². The first-order valence-corrected chi connectivity index (χ1v) is 8.54. The minimum absolute atomic E-state index is 0.126. The van der Waals surface area contributed by atoms with Gasteiger partial charge in [-0.05, 0) is 33.4 Å². The smallest absolute Gasteiger partial charge is 0.244 e. The van der Waals surface area contributed by atoms with Crippen molar-refractivity contribution >= 4 is 43.1 Å². The van der Waals surface area contributed by atoms with Gasteiger partial charge in [0.1, 0.15) is 10.7 Å². The van der Waals surface area contributed by atoms with E-state index in [2.05, 4.69) is 31.0 Å². The second kappa shape index (κ2) is 6.00. The highest BCUT2D eigenvalue weighted by atomic mass is 79.9. The molecule has 8 heteroatoms. The molecule has 0 aliphatic carbocycles. The quantitative estimate of drug-likeness (QED) is 0.857. The molecule has 0 saturated carbocycles. The molecule has 19 heavy (non-hydrogen) atoms. The van der Waals surface area contributed by atoms with Gasteiger partial charge in [0.25, 0.3) is 0 Å². The fraction of sp³-hybridized carbons (Fsp3) is 0.182. The van der Waals surface area contributed by atoms with Gasteiger partial charge in [0.2, 0.25) is 10.0 Å². The normalized spacial score (nSPS) is 11.5. The number of anilines is 1. The number of pyridine rings is 1. The van der Waals surface area contributed by atoms with Crippen molar-refractivity contribution in [2.45, 2.75) is 11.4 Å². The van der Waals surface area contributed by atoms with Crippen molar-refractivity contribution < 1.29 is 8.42 Å². The molecule has 0 aliphatic heterocycles. The second-order valence-corrected chi connectivity index (χ2v) is 7.34. The van der Waals surface area contributed by atoms with Crippen LogP contribution in [0, 0.1) is 0 Å². The maximum Gasteiger partial charge on any atom is 0.244 e. The van der Waals surface area contributed by atoms with Crippen LogP contribution in [0.5, 0.6) is 0 Å². The molecule has 0 atom stereocenters. The van der Waals surface area contributed by atoms with Crippen molar-refractivity contribution in [2.24, 2.45) is 0 Å². The first-order chi connectivity index (χ1) is 9.03. The van der Waals surface area contributed by atoms with Crippen LogP contribution >= 0.6 is 27.3 Å². The third-order valence-electron chi connectivity index (χ3n) is 2.36. The van der Waals surface area contributed by atoms with Crippen LogP contribution in [0.2, 0.25) is 0 Å². The molecule has 0 saturated heterocycles. The first-order valence-electron chi connectivity index (χ1n) is 5.38. The van der Waals surface area contributed by atoms with Crippen molar-refractivity contribution in [2.75, 3.05) is 12.4 Å². The number of thiophene rings is 1. The van der Waals surface area contributed by atoms with E-state index < -0.39 is 10.0 Å². The molecule has 0 fully saturated rings. The third kappa shape index (κ3) is 3.53. The van der Waals surface area contributed by atoms with Crippen LogP contribution in [0.4, 0.5) is 5.82 Å². The van der Waals surface area contributed by atoms with Crippen molar-refractivity contribution in [1.82, 2.24) is 9.71 Å². The van der Waals surface area contributed by atoms with E-state index in [9.17, 15) is 8.42 Å². The van der Waals surface area contributed by atoms with E-state index in [0.717, 1.165) is 4.88 Å². The first kappa shape index (κ1) is 14.4. The molecule has 5 nitrogen and oxygen atoms in total. The number of rotatable bonds is 5. The average Bonchev–Trinajstić information content (AvgIpc) is 2.89. The Hall–Kier alpha value is -0.960. The SMILES string of the molecule is CNc1ncc(Br)cc1S(=O)(=O)NCc1cccs1. The molecule has 0 radical (unpaired) electrons. The van der Waals surface area contributed by atoms with E-state index in [1.165, 1.54) is 17.4 Å². The van der Waals surface area contributed by atoms with Gasteiger partial charge in [0.15, 0.2) is 0 Å². The third-order valence-corrected chi connectivity index (χ3v) is 5.09. The topological polar surface area (TPSA) is 71.1 Å². The summed E-state index contributed by atoms with van der Waals surface area (Å²) in [6, 6.07) is 5.29. The lowest BCUT2D eigenvalue weighted by Crippen LogP contribution is -2.24. The van der Waals surface area contributed by atoms with E-state index in [1.807, 2.05) is 17.5 Å². The second-order valence-electron chi connectivity index (χ2n) is 3.65. The van der Waals surface area contributed by atoms with Crippen LogP contribution < -0.4 is 10.0 Å². The van der Waals surface area contributed by atoms with Crippen LogP contribution in [0.3, 0.4) is 0 Å². The van der Waals surface area contributed by atoms with Crippen molar-refractivity contribution in [3.05, 3.63) is 39.1 Å². The Kier molecular flexibility index (Phi) is 4.56.